The van der Waals surface area contributed by atoms with Gasteiger partial charge in [-0.05, 0) is 48.9 Å². The Kier molecular flexibility index (Phi) is 4.48. The van der Waals surface area contributed by atoms with Crippen LogP contribution in [0.4, 0.5) is 5.69 Å². The van der Waals surface area contributed by atoms with Gasteiger partial charge in [-0.15, -0.1) is 10.2 Å². The predicted molar refractivity (Wildman–Crippen MR) is 89.8 cm³/mol. The molecule has 118 valence electrons. The van der Waals surface area contributed by atoms with Crippen molar-refractivity contribution < 1.29 is 9.15 Å². The molecule has 0 aliphatic heterocycles. The summed E-state index contributed by atoms with van der Waals surface area (Å²) in [5, 5.41) is 12.1. The van der Waals surface area contributed by atoms with Crippen LogP contribution < -0.4 is 10.1 Å². The molecule has 0 bridgehead atoms. The molecule has 6 heteroatoms. The Labute approximate surface area is 139 Å². The van der Waals surface area contributed by atoms with E-state index in [1.165, 1.54) is 0 Å². The number of ether oxygens (including phenoxy) is 1. The van der Waals surface area contributed by atoms with E-state index < -0.39 is 0 Å². The molecule has 1 aromatic heterocycles. The molecule has 0 unspecified atom stereocenters. The highest BCUT2D eigenvalue weighted by molar-refractivity contribution is 6.30. The summed E-state index contributed by atoms with van der Waals surface area (Å²) in [5.74, 6) is 1.72. The smallest absolute Gasteiger partial charge is 0.247 e. The van der Waals surface area contributed by atoms with Gasteiger partial charge in [0.25, 0.3) is 0 Å². The Balaban J connectivity index is 1.72. The van der Waals surface area contributed by atoms with E-state index in [9.17, 15) is 0 Å². The molecule has 0 aliphatic carbocycles. The van der Waals surface area contributed by atoms with Crippen LogP contribution in [0.2, 0.25) is 5.02 Å². The van der Waals surface area contributed by atoms with Crippen LogP contribution >= 0.6 is 11.6 Å². The number of hydrogen-bond acceptors (Lipinski definition) is 5. The van der Waals surface area contributed by atoms with E-state index in [1.54, 1.807) is 7.11 Å². The van der Waals surface area contributed by atoms with Crippen molar-refractivity contribution in [3.63, 3.8) is 0 Å². The van der Waals surface area contributed by atoms with Gasteiger partial charge >= 0.3 is 0 Å². The van der Waals surface area contributed by atoms with Gasteiger partial charge in [0.1, 0.15) is 5.75 Å². The van der Waals surface area contributed by atoms with Crippen LogP contribution in [0.25, 0.3) is 11.5 Å². The highest BCUT2D eigenvalue weighted by Gasteiger charge is 2.09. The molecule has 0 fully saturated rings. The fraction of sp³-hybridized carbons (Fsp3) is 0.176. The molecule has 0 radical (unpaired) electrons. The van der Waals surface area contributed by atoms with Gasteiger partial charge in [0.15, 0.2) is 0 Å². The Morgan fingerprint density at radius 2 is 2.04 bits per heavy atom. The Morgan fingerprint density at radius 1 is 1.17 bits per heavy atom. The van der Waals surface area contributed by atoms with E-state index in [1.807, 2.05) is 49.4 Å². The summed E-state index contributed by atoms with van der Waals surface area (Å²) in [6.45, 7) is 2.43. The molecule has 1 heterocycles. The van der Waals surface area contributed by atoms with Gasteiger partial charge in [-0.2, -0.15) is 0 Å². The third-order valence-corrected chi connectivity index (χ3v) is 3.64. The number of aromatic nitrogens is 2. The van der Waals surface area contributed by atoms with Crippen LogP contribution in [0.3, 0.4) is 0 Å². The van der Waals surface area contributed by atoms with Crippen molar-refractivity contribution in [1.82, 2.24) is 10.2 Å². The largest absolute Gasteiger partial charge is 0.497 e. The maximum atomic E-state index is 5.95. The predicted octanol–water partition coefficient (Wildman–Crippen LogP) is 4.32. The minimum absolute atomic E-state index is 0.444. The summed E-state index contributed by atoms with van der Waals surface area (Å²) >= 11 is 5.95. The summed E-state index contributed by atoms with van der Waals surface area (Å²) < 4.78 is 10.9. The van der Waals surface area contributed by atoms with Crippen LogP contribution in [0, 0.1) is 6.92 Å². The fourth-order valence-corrected chi connectivity index (χ4v) is 2.42. The molecular formula is C17H16ClN3O2. The number of methoxy groups -OCH3 is 1. The highest BCUT2D eigenvalue weighted by atomic mass is 35.5. The Hall–Kier alpha value is -2.53. The second-order valence-corrected chi connectivity index (χ2v) is 5.48. The van der Waals surface area contributed by atoms with Gasteiger partial charge in [-0.3, -0.25) is 0 Å². The minimum atomic E-state index is 0.444. The lowest BCUT2D eigenvalue weighted by Crippen LogP contribution is -2.01. The minimum Gasteiger partial charge on any atom is -0.497 e. The van der Waals surface area contributed by atoms with Gasteiger partial charge in [-0.25, -0.2) is 0 Å². The summed E-state index contributed by atoms with van der Waals surface area (Å²) in [6.07, 6.45) is 0. The quantitative estimate of drug-likeness (QED) is 0.755. The molecule has 0 spiro atoms. The number of rotatable bonds is 5. The first-order chi connectivity index (χ1) is 11.2. The topological polar surface area (TPSA) is 60.2 Å². The van der Waals surface area contributed by atoms with Gasteiger partial charge < -0.3 is 14.5 Å². The summed E-state index contributed by atoms with van der Waals surface area (Å²) in [6, 6.07) is 13.2. The van der Waals surface area contributed by atoms with Crippen LogP contribution in [0.1, 0.15) is 11.5 Å². The fourth-order valence-electron chi connectivity index (χ4n) is 2.19. The maximum absolute atomic E-state index is 5.95. The van der Waals surface area contributed by atoms with Gasteiger partial charge in [0.2, 0.25) is 11.8 Å². The first-order valence-electron chi connectivity index (χ1n) is 7.12. The third-order valence-electron chi connectivity index (χ3n) is 3.40. The van der Waals surface area contributed by atoms with Crippen LogP contribution in [0.5, 0.6) is 5.75 Å². The molecule has 3 aromatic rings. The lowest BCUT2D eigenvalue weighted by atomic mass is 10.2. The molecule has 3 rings (SSSR count). The number of anilines is 1. The normalized spacial score (nSPS) is 10.6. The zero-order valence-electron chi connectivity index (χ0n) is 12.8. The first-order valence-corrected chi connectivity index (χ1v) is 7.50. The van der Waals surface area contributed by atoms with E-state index in [4.69, 9.17) is 20.8 Å². The number of nitrogens with zero attached hydrogens (tertiary/aromatic N) is 2. The number of aryl methyl sites for hydroxylation is 1. The Bertz CT molecular complexity index is 817. The number of nitrogens with one attached hydrogen (secondary N) is 1. The molecular weight excluding hydrogens is 314 g/mol. The standard InChI is InChI=1S/C17H16ClN3O2/c1-11-8-13(18)6-7-15(11)19-10-16-20-21-17(23-16)12-4-3-5-14(9-12)22-2/h3-9,19H,10H2,1-2H3. The zero-order chi connectivity index (χ0) is 16.2. The van der Waals surface area contributed by atoms with E-state index in [2.05, 4.69) is 15.5 Å². The van der Waals surface area contributed by atoms with E-state index >= 15 is 0 Å². The summed E-state index contributed by atoms with van der Waals surface area (Å²) in [4.78, 5) is 0. The lowest BCUT2D eigenvalue weighted by molar-refractivity contribution is 0.414. The third kappa shape index (κ3) is 3.63. The van der Waals surface area contributed by atoms with Crippen molar-refractivity contribution in [1.29, 1.82) is 0 Å². The lowest BCUT2D eigenvalue weighted by Gasteiger charge is -2.07. The van der Waals surface area contributed by atoms with Crippen LogP contribution in [-0.4, -0.2) is 17.3 Å². The maximum Gasteiger partial charge on any atom is 0.247 e. The van der Waals surface area contributed by atoms with Gasteiger partial charge in [0, 0.05) is 16.3 Å². The van der Waals surface area contributed by atoms with E-state index in [-0.39, 0.29) is 0 Å². The van der Waals surface area contributed by atoms with Crippen molar-refractivity contribution in [2.24, 2.45) is 0 Å². The molecule has 0 saturated heterocycles. The zero-order valence-corrected chi connectivity index (χ0v) is 13.6. The van der Waals surface area contributed by atoms with Crippen molar-refractivity contribution >= 4 is 17.3 Å². The molecule has 0 saturated carbocycles. The summed E-state index contributed by atoms with van der Waals surface area (Å²) in [5.41, 5.74) is 2.87. The van der Waals surface area contributed by atoms with Crippen molar-refractivity contribution in [2.75, 3.05) is 12.4 Å². The molecule has 1 N–H and O–H groups in total. The molecule has 5 nitrogen and oxygen atoms in total. The highest BCUT2D eigenvalue weighted by Crippen LogP contribution is 2.23. The molecule has 0 amide bonds. The van der Waals surface area contributed by atoms with Crippen molar-refractivity contribution in [2.45, 2.75) is 13.5 Å². The summed E-state index contributed by atoms with van der Waals surface area (Å²) in [7, 11) is 1.62. The van der Waals surface area contributed by atoms with Crippen molar-refractivity contribution in [3.05, 3.63) is 58.9 Å². The average molecular weight is 330 g/mol. The SMILES string of the molecule is COc1cccc(-c2nnc(CNc3ccc(Cl)cc3C)o2)c1. The molecule has 23 heavy (non-hydrogen) atoms. The molecule has 2 aromatic carbocycles. The van der Waals surface area contributed by atoms with Crippen LogP contribution in [-0.2, 0) is 6.54 Å². The van der Waals surface area contributed by atoms with Crippen LogP contribution in [0.15, 0.2) is 46.9 Å². The number of hydrogen-bond donors (Lipinski definition) is 1. The van der Waals surface area contributed by atoms with Gasteiger partial charge in [-0.1, -0.05) is 17.7 Å². The molecule has 0 atom stereocenters. The monoisotopic (exact) mass is 329 g/mol. The van der Waals surface area contributed by atoms with Gasteiger partial charge in [0.05, 0.1) is 13.7 Å². The number of halogens is 1. The molecule has 0 aliphatic rings. The second kappa shape index (κ2) is 6.71. The van der Waals surface area contributed by atoms with E-state index in [0.717, 1.165) is 22.6 Å². The Morgan fingerprint density at radius 3 is 2.83 bits per heavy atom. The number of benzene rings is 2. The first kappa shape index (κ1) is 15.4. The average Bonchev–Trinajstić information content (AvgIpc) is 3.03. The van der Waals surface area contributed by atoms with Crippen molar-refractivity contribution in [3.8, 4) is 17.2 Å². The van der Waals surface area contributed by atoms with E-state index in [0.29, 0.717) is 23.3 Å². The second-order valence-electron chi connectivity index (χ2n) is 5.05.